The minimum Gasteiger partial charge on any atom is -0.378 e. The molecule has 1 unspecified atom stereocenters. The lowest BCUT2D eigenvalue weighted by molar-refractivity contribution is 0.628. The van der Waals surface area contributed by atoms with E-state index in [1.807, 2.05) is 6.07 Å². The standard InChI is InChI=1S/C16H18FN/c1-11-7-12(2)9-14(8-11)13(3)18-16-6-4-5-15(17)10-16/h4-10,13,18H,1-3H3. The summed E-state index contributed by atoms with van der Waals surface area (Å²) in [5.41, 5.74) is 4.52. The Kier molecular flexibility index (Phi) is 3.66. The van der Waals surface area contributed by atoms with Gasteiger partial charge in [0.15, 0.2) is 0 Å². The normalized spacial score (nSPS) is 12.2. The fourth-order valence-electron chi connectivity index (χ4n) is 2.17. The molecule has 2 aromatic carbocycles. The summed E-state index contributed by atoms with van der Waals surface area (Å²) in [6.45, 7) is 6.26. The van der Waals surface area contributed by atoms with Crippen LogP contribution in [0, 0.1) is 19.7 Å². The molecule has 0 aliphatic heterocycles. The molecule has 0 spiro atoms. The summed E-state index contributed by atoms with van der Waals surface area (Å²) >= 11 is 0. The van der Waals surface area contributed by atoms with Gasteiger partial charge in [-0.15, -0.1) is 0 Å². The van der Waals surface area contributed by atoms with E-state index in [1.165, 1.54) is 28.8 Å². The van der Waals surface area contributed by atoms with Gasteiger partial charge in [-0.25, -0.2) is 4.39 Å². The molecule has 2 aromatic rings. The lowest BCUT2D eigenvalue weighted by Crippen LogP contribution is -2.07. The molecule has 94 valence electrons. The number of hydrogen-bond donors (Lipinski definition) is 1. The van der Waals surface area contributed by atoms with E-state index in [4.69, 9.17) is 0 Å². The van der Waals surface area contributed by atoms with E-state index in [1.54, 1.807) is 6.07 Å². The van der Waals surface area contributed by atoms with Crippen LogP contribution in [0.25, 0.3) is 0 Å². The quantitative estimate of drug-likeness (QED) is 0.829. The Morgan fingerprint density at radius 2 is 1.67 bits per heavy atom. The van der Waals surface area contributed by atoms with Crippen molar-refractivity contribution in [3.63, 3.8) is 0 Å². The van der Waals surface area contributed by atoms with Gasteiger partial charge in [-0.3, -0.25) is 0 Å². The zero-order valence-corrected chi connectivity index (χ0v) is 11.0. The maximum atomic E-state index is 13.1. The second kappa shape index (κ2) is 5.21. The van der Waals surface area contributed by atoms with Crippen LogP contribution in [-0.4, -0.2) is 0 Å². The van der Waals surface area contributed by atoms with Crippen molar-refractivity contribution in [2.75, 3.05) is 5.32 Å². The predicted octanol–water partition coefficient (Wildman–Crippen LogP) is 4.62. The smallest absolute Gasteiger partial charge is 0.125 e. The van der Waals surface area contributed by atoms with Crippen LogP contribution in [0.4, 0.5) is 10.1 Å². The van der Waals surface area contributed by atoms with Crippen molar-refractivity contribution in [2.24, 2.45) is 0 Å². The van der Waals surface area contributed by atoms with Crippen LogP contribution in [0.2, 0.25) is 0 Å². The number of aryl methyl sites for hydroxylation is 2. The van der Waals surface area contributed by atoms with E-state index in [9.17, 15) is 4.39 Å². The molecule has 18 heavy (non-hydrogen) atoms. The third kappa shape index (κ3) is 3.10. The van der Waals surface area contributed by atoms with Crippen molar-refractivity contribution in [3.05, 3.63) is 65.0 Å². The first-order valence-corrected chi connectivity index (χ1v) is 6.15. The number of halogens is 1. The molecule has 1 atom stereocenters. The molecule has 0 saturated carbocycles. The predicted molar refractivity (Wildman–Crippen MR) is 74.4 cm³/mol. The molecule has 0 amide bonds. The number of hydrogen-bond acceptors (Lipinski definition) is 1. The first-order chi connectivity index (χ1) is 8.54. The van der Waals surface area contributed by atoms with E-state index in [2.05, 4.69) is 44.3 Å². The van der Waals surface area contributed by atoms with Gasteiger partial charge in [0.1, 0.15) is 5.82 Å². The first kappa shape index (κ1) is 12.6. The van der Waals surface area contributed by atoms with Crippen LogP contribution >= 0.6 is 0 Å². The molecular weight excluding hydrogens is 225 g/mol. The number of rotatable bonds is 3. The maximum Gasteiger partial charge on any atom is 0.125 e. The molecule has 0 aromatic heterocycles. The molecule has 2 heteroatoms. The zero-order chi connectivity index (χ0) is 13.1. The Morgan fingerprint density at radius 1 is 1.00 bits per heavy atom. The van der Waals surface area contributed by atoms with Crippen molar-refractivity contribution in [1.29, 1.82) is 0 Å². The highest BCUT2D eigenvalue weighted by molar-refractivity contribution is 5.46. The van der Waals surface area contributed by atoms with Crippen LogP contribution in [0.5, 0.6) is 0 Å². The molecule has 0 aliphatic carbocycles. The Hall–Kier alpha value is -1.83. The zero-order valence-electron chi connectivity index (χ0n) is 11.0. The van der Waals surface area contributed by atoms with Gasteiger partial charge in [0.05, 0.1) is 0 Å². The highest BCUT2D eigenvalue weighted by atomic mass is 19.1. The van der Waals surface area contributed by atoms with Crippen molar-refractivity contribution in [2.45, 2.75) is 26.8 Å². The van der Waals surface area contributed by atoms with Gasteiger partial charge >= 0.3 is 0 Å². The molecule has 1 nitrogen and oxygen atoms in total. The summed E-state index contributed by atoms with van der Waals surface area (Å²) in [6, 6.07) is 13.2. The molecule has 0 aliphatic rings. The molecular formula is C16H18FN. The van der Waals surface area contributed by atoms with Gasteiger partial charge in [0, 0.05) is 11.7 Å². The Labute approximate surface area is 108 Å². The summed E-state index contributed by atoms with van der Waals surface area (Å²) in [4.78, 5) is 0. The highest BCUT2D eigenvalue weighted by Gasteiger charge is 2.06. The van der Waals surface area contributed by atoms with Crippen molar-refractivity contribution in [1.82, 2.24) is 0 Å². The summed E-state index contributed by atoms with van der Waals surface area (Å²) in [5, 5.41) is 3.31. The van der Waals surface area contributed by atoms with Gasteiger partial charge in [-0.1, -0.05) is 35.4 Å². The minimum absolute atomic E-state index is 0.158. The van der Waals surface area contributed by atoms with Gasteiger partial charge in [0.25, 0.3) is 0 Å². The Bertz CT molecular complexity index is 528. The molecule has 1 N–H and O–H groups in total. The molecule has 0 heterocycles. The Morgan fingerprint density at radius 3 is 2.28 bits per heavy atom. The average Bonchev–Trinajstić information content (AvgIpc) is 2.27. The first-order valence-electron chi connectivity index (χ1n) is 6.15. The van der Waals surface area contributed by atoms with E-state index in [0.717, 1.165) is 5.69 Å². The molecule has 0 bridgehead atoms. The largest absolute Gasteiger partial charge is 0.378 e. The summed E-state index contributed by atoms with van der Waals surface area (Å²) in [5.74, 6) is -0.215. The summed E-state index contributed by atoms with van der Waals surface area (Å²) in [7, 11) is 0. The molecule has 2 rings (SSSR count). The molecule has 0 saturated heterocycles. The lowest BCUT2D eigenvalue weighted by atomic mass is 10.0. The number of anilines is 1. The van der Waals surface area contributed by atoms with Gasteiger partial charge < -0.3 is 5.32 Å². The van der Waals surface area contributed by atoms with Crippen molar-refractivity contribution < 1.29 is 4.39 Å². The van der Waals surface area contributed by atoms with Crippen LogP contribution in [0.15, 0.2) is 42.5 Å². The van der Waals surface area contributed by atoms with Crippen molar-refractivity contribution in [3.8, 4) is 0 Å². The van der Waals surface area contributed by atoms with E-state index in [0.29, 0.717) is 0 Å². The third-order valence-electron chi connectivity index (χ3n) is 2.95. The SMILES string of the molecule is Cc1cc(C)cc(C(C)Nc2cccc(F)c2)c1. The topological polar surface area (TPSA) is 12.0 Å². The summed E-state index contributed by atoms with van der Waals surface area (Å²) < 4.78 is 13.1. The van der Waals surface area contributed by atoms with E-state index >= 15 is 0 Å². The minimum atomic E-state index is -0.215. The average molecular weight is 243 g/mol. The second-order valence-electron chi connectivity index (χ2n) is 4.80. The Balaban J connectivity index is 2.19. The van der Waals surface area contributed by atoms with Crippen LogP contribution in [0.3, 0.4) is 0 Å². The van der Waals surface area contributed by atoms with E-state index < -0.39 is 0 Å². The van der Waals surface area contributed by atoms with Gasteiger partial charge in [0.2, 0.25) is 0 Å². The van der Waals surface area contributed by atoms with Crippen LogP contribution < -0.4 is 5.32 Å². The van der Waals surface area contributed by atoms with Gasteiger partial charge in [-0.05, 0) is 44.5 Å². The molecule has 0 radical (unpaired) electrons. The monoisotopic (exact) mass is 243 g/mol. The summed E-state index contributed by atoms with van der Waals surface area (Å²) in [6.07, 6.45) is 0. The number of nitrogens with one attached hydrogen (secondary N) is 1. The number of benzene rings is 2. The molecule has 0 fully saturated rings. The third-order valence-corrected chi connectivity index (χ3v) is 2.95. The van der Waals surface area contributed by atoms with E-state index in [-0.39, 0.29) is 11.9 Å². The second-order valence-corrected chi connectivity index (χ2v) is 4.80. The highest BCUT2D eigenvalue weighted by Crippen LogP contribution is 2.21. The van der Waals surface area contributed by atoms with Crippen molar-refractivity contribution >= 4 is 5.69 Å². The fraction of sp³-hybridized carbons (Fsp3) is 0.250. The fourth-order valence-corrected chi connectivity index (χ4v) is 2.17. The van der Waals surface area contributed by atoms with Crippen LogP contribution in [-0.2, 0) is 0 Å². The maximum absolute atomic E-state index is 13.1. The van der Waals surface area contributed by atoms with Crippen LogP contribution in [0.1, 0.15) is 29.7 Å². The lowest BCUT2D eigenvalue weighted by Gasteiger charge is -2.17. The van der Waals surface area contributed by atoms with Gasteiger partial charge in [-0.2, -0.15) is 0 Å².